The first kappa shape index (κ1) is 22.4. The monoisotopic (exact) mass is 482 g/mol. The van der Waals surface area contributed by atoms with Crippen molar-refractivity contribution in [3.8, 4) is 0 Å². The number of hydrogen-bond acceptors (Lipinski definition) is 4. The fourth-order valence-electron chi connectivity index (χ4n) is 2.58. The van der Waals surface area contributed by atoms with E-state index in [9.17, 15) is 4.79 Å². The van der Waals surface area contributed by atoms with Crippen LogP contribution in [0, 0.1) is 0 Å². The number of halogens is 3. The van der Waals surface area contributed by atoms with Crippen LogP contribution in [0.4, 0.5) is 11.5 Å². The molecule has 10 heteroatoms. The van der Waals surface area contributed by atoms with Crippen LogP contribution in [0.1, 0.15) is 22.8 Å². The lowest BCUT2D eigenvalue weighted by atomic mass is 10.2. The first-order valence-electron chi connectivity index (χ1n) is 8.88. The maximum atomic E-state index is 11.7. The lowest BCUT2D eigenvalue weighted by molar-refractivity contribution is 0.0526. The summed E-state index contributed by atoms with van der Waals surface area (Å²) in [7, 11) is 0. The van der Waals surface area contributed by atoms with Crippen LogP contribution in [0.2, 0.25) is 15.1 Å². The largest absolute Gasteiger partial charge is 0.462 e. The zero-order valence-electron chi connectivity index (χ0n) is 15.8. The summed E-state index contributed by atoms with van der Waals surface area (Å²) in [5.74, 6) is 0.0150. The molecular formula is C20H17Cl3N4O2S. The first-order chi connectivity index (χ1) is 14.4. The lowest BCUT2D eigenvalue weighted by Crippen LogP contribution is -2.20. The van der Waals surface area contributed by atoms with E-state index in [4.69, 9.17) is 51.8 Å². The number of benzene rings is 2. The number of nitrogens with one attached hydrogen (secondary N) is 2. The highest BCUT2D eigenvalue weighted by molar-refractivity contribution is 7.80. The highest BCUT2D eigenvalue weighted by Crippen LogP contribution is 2.27. The second kappa shape index (κ2) is 10.1. The SMILES string of the molecule is CCOC(=O)c1ccc(NC(=S)Nc2nn(Cc3c(Cl)cccc3Cl)cc2Cl)cc1. The number of ether oxygens (including phenoxy) is 1. The summed E-state index contributed by atoms with van der Waals surface area (Å²) >= 11 is 24.0. The summed E-state index contributed by atoms with van der Waals surface area (Å²) in [6.45, 7) is 2.44. The van der Waals surface area contributed by atoms with Crippen LogP contribution < -0.4 is 10.6 Å². The van der Waals surface area contributed by atoms with Gasteiger partial charge in [0.1, 0.15) is 5.02 Å². The molecule has 0 saturated carbocycles. The Kier molecular flexibility index (Phi) is 7.55. The average molecular weight is 484 g/mol. The number of rotatable bonds is 6. The molecule has 0 fully saturated rings. The van der Waals surface area contributed by atoms with E-state index < -0.39 is 0 Å². The first-order valence-corrected chi connectivity index (χ1v) is 10.4. The van der Waals surface area contributed by atoms with Crippen molar-refractivity contribution in [1.29, 1.82) is 0 Å². The van der Waals surface area contributed by atoms with E-state index in [1.165, 1.54) is 0 Å². The summed E-state index contributed by atoms with van der Waals surface area (Å²) in [5, 5.41) is 12.1. The van der Waals surface area contributed by atoms with Gasteiger partial charge in [-0.3, -0.25) is 4.68 Å². The molecular weight excluding hydrogens is 467 g/mol. The summed E-state index contributed by atoms with van der Waals surface area (Å²) < 4.78 is 6.58. The molecule has 2 aromatic carbocycles. The molecule has 0 saturated heterocycles. The molecule has 156 valence electrons. The van der Waals surface area contributed by atoms with Crippen molar-refractivity contribution in [1.82, 2.24) is 9.78 Å². The number of anilines is 2. The molecule has 0 aliphatic heterocycles. The fourth-order valence-corrected chi connectivity index (χ4v) is 3.51. The van der Waals surface area contributed by atoms with Crippen LogP contribution >= 0.6 is 47.0 Å². The number of carbonyl (C=O) groups excluding carboxylic acids is 1. The smallest absolute Gasteiger partial charge is 0.338 e. The Balaban J connectivity index is 1.64. The van der Waals surface area contributed by atoms with Gasteiger partial charge in [-0.1, -0.05) is 40.9 Å². The number of esters is 1. The summed E-state index contributed by atoms with van der Waals surface area (Å²) in [4.78, 5) is 11.7. The summed E-state index contributed by atoms with van der Waals surface area (Å²) in [6.07, 6.45) is 1.65. The van der Waals surface area contributed by atoms with E-state index in [0.717, 1.165) is 5.56 Å². The molecule has 6 nitrogen and oxygen atoms in total. The number of aromatic nitrogens is 2. The van der Waals surface area contributed by atoms with Crippen LogP contribution in [-0.4, -0.2) is 27.5 Å². The Morgan fingerprint density at radius 3 is 2.37 bits per heavy atom. The summed E-state index contributed by atoms with van der Waals surface area (Å²) in [6, 6.07) is 12.1. The van der Waals surface area contributed by atoms with Crippen LogP contribution in [0.3, 0.4) is 0 Å². The second-order valence-corrected chi connectivity index (χ2v) is 7.73. The molecule has 1 heterocycles. The van der Waals surface area contributed by atoms with Gasteiger partial charge >= 0.3 is 5.97 Å². The molecule has 0 radical (unpaired) electrons. The molecule has 3 rings (SSSR count). The third-order valence-corrected chi connectivity index (χ3v) is 5.17. The van der Waals surface area contributed by atoms with Crippen LogP contribution in [0.5, 0.6) is 0 Å². The van der Waals surface area contributed by atoms with E-state index in [1.54, 1.807) is 60.3 Å². The predicted octanol–water partition coefficient (Wildman–Crippen LogP) is 5.88. The number of carbonyl (C=O) groups is 1. The Hall–Kier alpha value is -2.32. The Bertz CT molecular complexity index is 1050. The minimum Gasteiger partial charge on any atom is -0.462 e. The second-order valence-electron chi connectivity index (χ2n) is 6.10. The average Bonchev–Trinajstić information content (AvgIpc) is 3.04. The maximum absolute atomic E-state index is 11.7. The van der Waals surface area contributed by atoms with Gasteiger partial charge in [0.25, 0.3) is 0 Å². The third-order valence-electron chi connectivity index (χ3n) is 3.98. The van der Waals surface area contributed by atoms with Crippen LogP contribution in [0.25, 0.3) is 0 Å². The highest BCUT2D eigenvalue weighted by Gasteiger charge is 2.12. The van der Waals surface area contributed by atoms with Crippen molar-refractivity contribution in [3.63, 3.8) is 0 Å². The summed E-state index contributed by atoms with van der Waals surface area (Å²) in [5.41, 5.74) is 1.90. The normalized spacial score (nSPS) is 10.5. The zero-order chi connectivity index (χ0) is 21.7. The van der Waals surface area contributed by atoms with Gasteiger partial charge in [-0.2, -0.15) is 5.10 Å². The number of thiocarbonyl (C=S) groups is 1. The van der Waals surface area contributed by atoms with Gasteiger partial charge in [0.2, 0.25) is 0 Å². The van der Waals surface area contributed by atoms with E-state index in [1.807, 2.05) is 0 Å². The molecule has 30 heavy (non-hydrogen) atoms. The molecule has 0 aliphatic rings. The van der Waals surface area contributed by atoms with Gasteiger partial charge in [-0.05, 0) is 55.5 Å². The van der Waals surface area contributed by atoms with Gasteiger partial charge in [0.15, 0.2) is 10.9 Å². The molecule has 1 aromatic heterocycles. The van der Waals surface area contributed by atoms with Crippen LogP contribution in [-0.2, 0) is 11.3 Å². The van der Waals surface area contributed by atoms with Gasteiger partial charge < -0.3 is 15.4 Å². The molecule has 2 N–H and O–H groups in total. The number of hydrogen-bond donors (Lipinski definition) is 2. The van der Waals surface area contributed by atoms with Crippen molar-refractivity contribution in [2.75, 3.05) is 17.2 Å². The van der Waals surface area contributed by atoms with E-state index >= 15 is 0 Å². The standard InChI is InChI=1S/C20H17Cl3N4O2S/c1-2-29-19(28)12-6-8-13(9-7-12)24-20(30)25-18-17(23)11-27(26-18)10-14-15(21)4-3-5-16(14)22/h3-9,11H,2,10H2,1H3,(H2,24,25,26,30). The maximum Gasteiger partial charge on any atom is 0.338 e. The van der Waals surface area contributed by atoms with E-state index in [0.29, 0.717) is 50.4 Å². The topological polar surface area (TPSA) is 68.2 Å². The quantitative estimate of drug-likeness (QED) is 0.337. The Morgan fingerprint density at radius 1 is 1.07 bits per heavy atom. The molecule has 0 atom stereocenters. The molecule has 0 unspecified atom stereocenters. The minimum atomic E-state index is -0.374. The van der Waals surface area contributed by atoms with Crippen molar-refractivity contribution in [3.05, 3.63) is 74.9 Å². The lowest BCUT2D eigenvalue weighted by Gasteiger charge is -2.10. The Morgan fingerprint density at radius 2 is 1.73 bits per heavy atom. The van der Waals surface area contributed by atoms with Crippen molar-refractivity contribution in [2.24, 2.45) is 0 Å². The molecule has 0 bridgehead atoms. The Labute approximate surface area is 194 Å². The predicted molar refractivity (Wildman–Crippen MR) is 125 cm³/mol. The van der Waals surface area contributed by atoms with Crippen molar-refractivity contribution < 1.29 is 9.53 Å². The third kappa shape index (κ3) is 5.64. The van der Waals surface area contributed by atoms with Crippen molar-refractivity contribution in [2.45, 2.75) is 13.5 Å². The molecule has 0 spiro atoms. The fraction of sp³-hybridized carbons (Fsp3) is 0.150. The van der Waals surface area contributed by atoms with Crippen molar-refractivity contribution >= 4 is 69.6 Å². The molecule has 0 amide bonds. The number of nitrogens with zero attached hydrogens (tertiary/aromatic N) is 2. The van der Waals surface area contributed by atoms with Gasteiger partial charge in [-0.25, -0.2) is 4.79 Å². The highest BCUT2D eigenvalue weighted by atomic mass is 35.5. The van der Waals surface area contributed by atoms with Gasteiger partial charge in [0, 0.05) is 27.5 Å². The van der Waals surface area contributed by atoms with E-state index in [-0.39, 0.29) is 5.97 Å². The molecule has 3 aromatic rings. The van der Waals surface area contributed by atoms with Gasteiger partial charge in [-0.15, -0.1) is 0 Å². The molecule has 0 aliphatic carbocycles. The van der Waals surface area contributed by atoms with Gasteiger partial charge in [0.05, 0.1) is 18.7 Å². The van der Waals surface area contributed by atoms with E-state index in [2.05, 4.69) is 15.7 Å². The zero-order valence-corrected chi connectivity index (χ0v) is 18.9. The minimum absolute atomic E-state index is 0.293. The van der Waals surface area contributed by atoms with Crippen LogP contribution in [0.15, 0.2) is 48.7 Å².